The van der Waals surface area contributed by atoms with Gasteiger partial charge in [0.1, 0.15) is 5.82 Å². The summed E-state index contributed by atoms with van der Waals surface area (Å²) in [5.41, 5.74) is 1.000. The fourth-order valence-corrected chi connectivity index (χ4v) is 4.65. The molecule has 5 nitrogen and oxygen atoms in total. The number of hydrogen-bond acceptors (Lipinski definition) is 4. The summed E-state index contributed by atoms with van der Waals surface area (Å²) < 4.78 is 15.1. The lowest BCUT2D eigenvalue weighted by Gasteiger charge is -2.26. The lowest BCUT2D eigenvalue weighted by atomic mass is 9.95. The molecule has 0 bridgehead atoms. The number of amides is 1. The zero-order chi connectivity index (χ0) is 20.2. The van der Waals surface area contributed by atoms with Gasteiger partial charge in [-0.25, -0.2) is 9.37 Å². The van der Waals surface area contributed by atoms with Gasteiger partial charge in [-0.15, -0.1) is 0 Å². The molecule has 1 saturated carbocycles. The van der Waals surface area contributed by atoms with Gasteiger partial charge in [-0.2, -0.15) is 0 Å². The van der Waals surface area contributed by atoms with Crippen molar-refractivity contribution in [2.75, 3.05) is 11.1 Å². The largest absolute Gasteiger partial charge is 0.325 e. The van der Waals surface area contributed by atoms with E-state index in [1.165, 1.54) is 30.3 Å². The van der Waals surface area contributed by atoms with Crippen molar-refractivity contribution < 1.29 is 9.18 Å². The molecule has 0 saturated heterocycles. The van der Waals surface area contributed by atoms with Crippen molar-refractivity contribution in [3.05, 3.63) is 64.7 Å². The number of nitrogens with zero attached hydrogens (tertiary/aromatic N) is 2. The maximum absolute atomic E-state index is 13.3. The smallest absolute Gasteiger partial charge is 0.262 e. The topological polar surface area (TPSA) is 64.0 Å². The van der Waals surface area contributed by atoms with Crippen LogP contribution in [0, 0.1) is 5.82 Å². The third-order valence-electron chi connectivity index (χ3n) is 5.16. The van der Waals surface area contributed by atoms with Crippen molar-refractivity contribution >= 4 is 34.3 Å². The molecular formula is C22H22FN3O2S. The third kappa shape index (κ3) is 4.50. The number of carbonyl (C=O) groups is 1. The second-order valence-electron chi connectivity index (χ2n) is 7.23. The van der Waals surface area contributed by atoms with Crippen LogP contribution in [0.1, 0.15) is 38.1 Å². The summed E-state index contributed by atoms with van der Waals surface area (Å²) in [5, 5.41) is 3.86. The van der Waals surface area contributed by atoms with Crippen LogP contribution in [0.4, 0.5) is 10.1 Å². The van der Waals surface area contributed by atoms with E-state index in [4.69, 9.17) is 4.98 Å². The second kappa shape index (κ2) is 8.78. The third-order valence-corrected chi connectivity index (χ3v) is 6.11. The Hall–Kier alpha value is -2.67. The summed E-state index contributed by atoms with van der Waals surface area (Å²) in [6.45, 7) is 0. The lowest BCUT2D eigenvalue weighted by Crippen LogP contribution is -2.29. The Labute approximate surface area is 172 Å². The van der Waals surface area contributed by atoms with Crippen LogP contribution in [0.3, 0.4) is 0 Å². The van der Waals surface area contributed by atoms with Gasteiger partial charge in [-0.3, -0.25) is 14.2 Å². The SMILES string of the molecule is O=C(CSc1nc2ccccc2c(=O)n1C1CCCCC1)Nc1cccc(F)c1. The number of anilines is 1. The van der Waals surface area contributed by atoms with Gasteiger partial charge in [-0.05, 0) is 43.2 Å². The summed E-state index contributed by atoms with van der Waals surface area (Å²) in [7, 11) is 0. The molecule has 1 aromatic heterocycles. The van der Waals surface area contributed by atoms with Gasteiger partial charge in [-0.1, -0.05) is 49.2 Å². The first-order valence-corrected chi connectivity index (χ1v) is 10.8. The number of carbonyl (C=O) groups excluding carboxylic acids is 1. The molecule has 0 radical (unpaired) electrons. The molecule has 3 aromatic rings. The molecular weight excluding hydrogens is 389 g/mol. The molecule has 0 unspecified atom stereocenters. The molecule has 150 valence electrons. The van der Waals surface area contributed by atoms with Gasteiger partial charge in [0.2, 0.25) is 5.91 Å². The Morgan fingerprint density at radius 3 is 2.72 bits per heavy atom. The Balaban J connectivity index is 1.60. The highest BCUT2D eigenvalue weighted by Gasteiger charge is 2.22. The summed E-state index contributed by atoms with van der Waals surface area (Å²) in [6, 6.07) is 13.2. The summed E-state index contributed by atoms with van der Waals surface area (Å²) >= 11 is 1.25. The van der Waals surface area contributed by atoms with E-state index in [0.29, 0.717) is 21.7 Å². The van der Waals surface area contributed by atoms with Crippen LogP contribution in [-0.2, 0) is 4.79 Å². The summed E-state index contributed by atoms with van der Waals surface area (Å²) in [6.07, 6.45) is 5.26. The minimum absolute atomic E-state index is 0.0458. The van der Waals surface area contributed by atoms with Gasteiger partial charge < -0.3 is 5.32 Å². The van der Waals surface area contributed by atoms with Crippen molar-refractivity contribution in [1.82, 2.24) is 9.55 Å². The standard InChI is InChI=1S/C22H22FN3O2S/c23-15-7-6-8-16(13-15)24-20(27)14-29-22-25-19-12-5-4-11-18(19)21(28)26(22)17-9-2-1-3-10-17/h4-8,11-13,17H,1-3,9-10,14H2,(H,24,27). The lowest BCUT2D eigenvalue weighted by molar-refractivity contribution is -0.113. The average molecular weight is 412 g/mol. The van der Waals surface area contributed by atoms with Crippen LogP contribution in [0.5, 0.6) is 0 Å². The highest BCUT2D eigenvalue weighted by Crippen LogP contribution is 2.31. The van der Waals surface area contributed by atoms with Crippen LogP contribution < -0.4 is 10.9 Å². The van der Waals surface area contributed by atoms with E-state index in [-0.39, 0.29) is 23.3 Å². The molecule has 1 heterocycles. The number of hydrogen-bond donors (Lipinski definition) is 1. The van der Waals surface area contributed by atoms with Gasteiger partial charge in [0, 0.05) is 11.7 Å². The van der Waals surface area contributed by atoms with Gasteiger partial charge in [0.25, 0.3) is 5.56 Å². The average Bonchev–Trinajstić information content (AvgIpc) is 2.73. The first-order chi connectivity index (χ1) is 14.1. The Kier molecular flexibility index (Phi) is 5.94. The van der Waals surface area contributed by atoms with Gasteiger partial charge >= 0.3 is 0 Å². The van der Waals surface area contributed by atoms with Crippen molar-refractivity contribution in [3.8, 4) is 0 Å². The molecule has 1 aliphatic rings. The molecule has 1 fully saturated rings. The number of fused-ring (bicyclic) bond motifs is 1. The molecule has 29 heavy (non-hydrogen) atoms. The number of aromatic nitrogens is 2. The van der Waals surface area contributed by atoms with Crippen LogP contribution in [0.2, 0.25) is 0 Å². The summed E-state index contributed by atoms with van der Waals surface area (Å²) in [4.78, 5) is 30.2. The highest BCUT2D eigenvalue weighted by atomic mass is 32.2. The molecule has 1 aliphatic carbocycles. The van der Waals surface area contributed by atoms with Crippen molar-refractivity contribution in [1.29, 1.82) is 0 Å². The molecule has 7 heteroatoms. The zero-order valence-corrected chi connectivity index (χ0v) is 16.8. The van der Waals surface area contributed by atoms with Crippen LogP contribution in [-0.4, -0.2) is 21.2 Å². The zero-order valence-electron chi connectivity index (χ0n) is 15.9. The maximum Gasteiger partial charge on any atom is 0.262 e. The summed E-state index contributed by atoms with van der Waals surface area (Å²) in [5.74, 6) is -0.579. The fourth-order valence-electron chi connectivity index (χ4n) is 3.78. The molecule has 1 amide bonds. The Morgan fingerprint density at radius 1 is 1.14 bits per heavy atom. The Morgan fingerprint density at radius 2 is 1.93 bits per heavy atom. The molecule has 0 spiro atoms. The van der Waals surface area contributed by atoms with Crippen LogP contribution in [0.15, 0.2) is 58.5 Å². The minimum atomic E-state index is -0.405. The van der Waals surface area contributed by atoms with Crippen molar-refractivity contribution in [3.63, 3.8) is 0 Å². The Bertz CT molecular complexity index is 1090. The van der Waals surface area contributed by atoms with E-state index in [1.54, 1.807) is 22.8 Å². The molecule has 4 rings (SSSR count). The predicted octanol–water partition coefficient (Wildman–Crippen LogP) is 4.77. The molecule has 0 aliphatic heterocycles. The van der Waals surface area contributed by atoms with Crippen molar-refractivity contribution in [2.45, 2.75) is 43.3 Å². The number of rotatable bonds is 5. The highest BCUT2D eigenvalue weighted by molar-refractivity contribution is 7.99. The van der Waals surface area contributed by atoms with Crippen LogP contribution in [0.25, 0.3) is 10.9 Å². The van der Waals surface area contributed by atoms with E-state index in [2.05, 4.69) is 5.32 Å². The monoisotopic (exact) mass is 411 g/mol. The van der Waals surface area contributed by atoms with E-state index in [0.717, 1.165) is 25.7 Å². The first kappa shape index (κ1) is 19.6. The maximum atomic E-state index is 13.3. The second-order valence-corrected chi connectivity index (χ2v) is 8.17. The molecule has 2 aromatic carbocycles. The van der Waals surface area contributed by atoms with Crippen LogP contribution >= 0.6 is 11.8 Å². The number of para-hydroxylation sites is 1. The molecule has 0 atom stereocenters. The number of benzene rings is 2. The van der Waals surface area contributed by atoms with Gasteiger partial charge in [0.05, 0.1) is 16.7 Å². The molecule has 1 N–H and O–H groups in total. The van der Waals surface area contributed by atoms with E-state index in [1.807, 2.05) is 18.2 Å². The van der Waals surface area contributed by atoms with E-state index in [9.17, 15) is 14.0 Å². The first-order valence-electron chi connectivity index (χ1n) is 9.81. The van der Waals surface area contributed by atoms with E-state index >= 15 is 0 Å². The number of thioether (sulfide) groups is 1. The van der Waals surface area contributed by atoms with Gasteiger partial charge in [0.15, 0.2) is 5.16 Å². The van der Waals surface area contributed by atoms with E-state index < -0.39 is 5.82 Å². The number of halogens is 1. The normalized spacial score (nSPS) is 14.8. The fraction of sp³-hybridized carbons (Fsp3) is 0.318. The number of nitrogens with one attached hydrogen (secondary N) is 1. The van der Waals surface area contributed by atoms with Crippen molar-refractivity contribution in [2.24, 2.45) is 0 Å². The minimum Gasteiger partial charge on any atom is -0.325 e. The predicted molar refractivity (Wildman–Crippen MR) is 114 cm³/mol. The quantitative estimate of drug-likeness (QED) is 0.485.